The molecule has 2 aromatic carbocycles. The fourth-order valence-corrected chi connectivity index (χ4v) is 5.18. The predicted molar refractivity (Wildman–Crippen MR) is 128 cm³/mol. The van der Waals surface area contributed by atoms with E-state index in [0.717, 1.165) is 46.5 Å². The Labute approximate surface area is 193 Å². The van der Waals surface area contributed by atoms with Crippen molar-refractivity contribution in [2.24, 2.45) is 9.98 Å². The van der Waals surface area contributed by atoms with Gasteiger partial charge in [0.05, 0.1) is 11.5 Å². The van der Waals surface area contributed by atoms with E-state index in [4.69, 9.17) is 19.5 Å². The molecule has 1 fully saturated rings. The highest BCUT2D eigenvalue weighted by molar-refractivity contribution is 9.10. The zero-order chi connectivity index (χ0) is 21.3. The zero-order valence-electron chi connectivity index (χ0n) is 16.9. The number of rotatable bonds is 4. The van der Waals surface area contributed by atoms with Crippen LogP contribution in [0.25, 0.3) is 0 Å². The van der Waals surface area contributed by atoms with E-state index in [0.29, 0.717) is 30.4 Å². The summed E-state index contributed by atoms with van der Waals surface area (Å²) in [4.78, 5) is 22.6. The Kier molecular flexibility index (Phi) is 5.75. The van der Waals surface area contributed by atoms with Crippen LogP contribution in [0, 0.1) is 0 Å². The van der Waals surface area contributed by atoms with Gasteiger partial charge in [0.1, 0.15) is 18.3 Å². The summed E-state index contributed by atoms with van der Waals surface area (Å²) in [6, 6.07) is 13.5. The molecule has 31 heavy (non-hydrogen) atoms. The third-order valence-electron chi connectivity index (χ3n) is 5.52. The first-order valence-corrected chi connectivity index (χ1v) is 12.2. The predicted octanol–water partition coefficient (Wildman–Crippen LogP) is 5.06. The molecule has 0 saturated heterocycles. The monoisotopic (exact) mass is 499 g/mol. The molecule has 2 heterocycles. The second-order valence-electron chi connectivity index (χ2n) is 7.77. The number of thioether (sulfide) groups is 1. The molecule has 0 aromatic heterocycles. The van der Waals surface area contributed by atoms with Gasteiger partial charge in [-0.05, 0) is 49.9 Å². The number of carbonyl (C=O) groups is 1. The third kappa shape index (κ3) is 4.50. The van der Waals surface area contributed by atoms with Gasteiger partial charge in [0.15, 0.2) is 17.2 Å². The fraction of sp³-hybridized carbons (Fsp3) is 0.348. The van der Waals surface area contributed by atoms with E-state index >= 15 is 0 Å². The van der Waals surface area contributed by atoms with Crippen LogP contribution in [0.1, 0.15) is 31.2 Å². The number of anilines is 1. The molecule has 0 unspecified atom stereocenters. The van der Waals surface area contributed by atoms with Crippen LogP contribution in [0.5, 0.6) is 11.5 Å². The topological polar surface area (TPSA) is 72.3 Å². The molecule has 3 aliphatic rings. The molecule has 1 amide bonds. The Morgan fingerprint density at radius 2 is 1.77 bits per heavy atom. The minimum atomic E-state index is -0.336. The lowest BCUT2D eigenvalue weighted by atomic mass is 10.1. The van der Waals surface area contributed by atoms with Crippen molar-refractivity contribution in [3.63, 3.8) is 0 Å². The molecule has 1 saturated carbocycles. The lowest BCUT2D eigenvalue weighted by Crippen LogP contribution is -2.19. The molecule has 0 atom stereocenters. The van der Waals surface area contributed by atoms with Crippen LogP contribution >= 0.6 is 27.7 Å². The van der Waals surface area contributed by atoms with E-state index in [1.165, 1.54) is 11.8 Å². The van der Waals surface area contributed by atoms with Crippen molar-refractivity contribution in [1.29, 1.82) is 0 Å². The molecule has 0 radical (unpaired) electrons. The highest BCUT2D eigenvalue weighted by Crippen LogP contribution is 2.40. The quantitative estimate of drug-likeness (QED) is 0.637. The van der Waals surface area contributed by atoms with Crippen molar-refractivity contribution in [2.45, 2.75) is 31.3 Å². The number of benzene rings is 2. The standard InChI is InChI=1S/C23H22BrN3O3S/c24-16-5-3-15(4-6-16)21-22(27-23(26-21)9-1-2-10-23)31-14-20(28)25-17-7-8-18-19(13-17)30-12-11-29-18/h3-8,13H,1-2,9-12,14H2,(H,25,28). The van der Waals surface area contributed by atoms with E-state index in [1.807, 2.05) is 36.4 Å². The lowest BCUT2D eigenvalue weighted by Gasteiger charge is -2.19. The lowest BCUT2D eigenvalue weighted by molar-refractivity contribution is -0.113. The van der Waals surface area contributed by atoms with E-state index in [2.05, 4.69) is 21.2 Å². The van der Waals surface area contributed by atoms with Gasteiger partial charge in [-0.15, -0.1) is 0 Å². The molecule has 8 heteroatoms. The summed E-state index contributed by atoms with van der Waals surface area (Å²) >= 11 is 4.94. The normalized spacial score (nSPS) is 18.6. The van der Waals surface area contributed by atoms with E-state index < -0.39 is 0 Å². The number of halogens is 1. The van der Waals surface area contributed by atoms with Crippen molar-refractivity contribution in [3.05, 3.63) is 52.5 Å². The van der Waals surface area contributed by atoms with E-state index in [1.54, 1.807) is 6.07 Å². The number of carbonyl (C=O) groups excluding carboxylic acids is 1. The van der Waals surface area contributed by atoms with Crippen molar-refractivity contribution < 1.29 is 14.3 Å². The van der Waals surface area contributed by atoms with Gasteiger partial charge < -0.3 is 14.8 Å². The second kappa shape index (κ2) is 8.67. The highest BCUT2D eigenvalue weighted by atomic mass is 79.9. The Hall–Kier alpha value is -2.32. The van der Waals surface area contributed by atoms with Crippen LogP contribution in [0.3, 0.4) is 0 Å². The summed E-state index contributed by atoms with van der Waals surface area (Å²) in [5.41, 5.74) is 2.28. The molecule has 2 aromatic rings. The first-order chi connectivity index (χ1) is 15.1. The number of amides is 1. The number of fused-ring (bicyclic) bond motifs is 1. The molecule has 6 nitrogen and oxygen atoms in total. The van der Waals surface area contributed by atoms with E-state index in [9.17, 15) is 4.79 Å². The number of nitrogens with zero attached hydrogens (tertiary/aromatic N) is 2. The zero-order valence-corrected chi connectivity index (χ0v) is 19.3. The number of hydrogen-bond donors (Lipinski definition) is 1. The molecule has 160 valence electrons. The molecule has 1 aliphatic carbocycles. The molecular formula is C23H22BrN3O3S. The Bertz CT molecular complexity index is 1060. The minimum Gasteiger partial charge on any atom is -0.486 e. The molecule has 2 aliphatic heterocycles. The Morgan fingerprint density at radius 1 is 1.03 bits per heavy atom. The van der Waals surface area contributed by atoms with Crippen LogP contribution in [-0.2, 0) is 4.79 Å². The van der Waals surface area contributed by atoms with E-state index in [-0.39, 0.29) is 17.3 Å². The maximum Gasteiger partial charge on any atom is 0.234 e. The Morgan fingerprint density at radius 3 is 2.55 bits per heavy atom. The number of nitrogens with one attached hydrogen (secondary N) is 1. The van der Waals surface area contributed by atoms with Gasteiger partial charge in [-0.2, -0.15) is 0 Å². The molecule has 1 spiro atoms. The minimum absolute atomic E-state index is 0.0908. The number of ether oxygens (including phenoxy) is 2. The van der Waals surface area contributed by atoms with Crippen molar-refractivity contribution in [3.8, 4) is 11.5 Å². The highest BCUT2D eigenvalue weighted by Gasteiger charge is 2.39. The van der Waals surface area contributed by atoms with Crippen LogP contribution in [0.4, 0.5) is 5.69 Å². The van der Waals surface area contributed by atoms with Crippen molar-refractivity contribution >= 4 is 50.0 Å². The summed E-state index contributed by atoms with van der Waals surface area (Å²) in [6.07, 6.45) is 4.23. The van der Waals surface area contributed by atoms with Crippen LogP contribution in [0.15, 0.2) is 56.9 Å². The molecule has 1 N–H and O–H groups in total. The number of hydrogen-bond acceptors (Lipinski definition) is 6. The van der Waals surface area contributed by atoms with Gasteiger partial charge in [0.25, 0.3) is 0 Å². The second-order valence-corrected chi connectivity index (χ2v) is 9.65. The summed E-state index contributed by atoms with van der Waals surface area (Å²) in [7, 11) is 0. The van der Waals surface area contributed by atoms with Crippen LogP contribution in [-0.4, -0.2) is 41.3 Å². The Balaban J connectivity index is 1.28. The van der Waals surface area contributed by atoms with Gasteiger partial charge in [0, 0.05) is 21.8 Å². The summed E-state index contributed by atoms with van der Waals surface area (Å²) in [6.45, 7) is 1.06. The largest absolute Gasteiger partial charge is 0.486 e. The van der Waals surface area contributed by atoms with Crippen molar-refractivity contribution in [1.82, 2.24) is 0 Å². The average Bonchev–Trinajstić information content (AvgIpc) is 3.39. The molecular weight excluding hydrogens is 478 g/mol. The summed E-state index contributed by atoms with van der Waals surface area (Å²) in [5, 5.41) is 3.79. The van der Waals surface area contributed by atoms with Crippen LogP contribution in [0.2, 0.25) is 0 Å². The summed E-state index contributed by atoms with van der Waals surface area (Å²) < 4.78 is 12.1. The fourth-order valence-electron chi connectivity index (χ4n) is 4.04. The molecule has 5 rings (SSSR count). The van der Waals surface area contributed by atoms with Gasteiger partial charge in [-0.3, -0.25) is 9.79 Å². The van der Waals surface area contributed by atoms with Gasteiger partial charge in [-0.25, -0.2) is 4.99 Å². The first-order valence-electron chi connectivity index (χ1n) is 10.4. The SMILES string of the molecule is O=C(CSC1=NC2(CCCC2)N=C1c1ccc(Br)cc1)Nc1ccc2c(c1)OCCO2. The van der Waals surface area contributed by atoms with Gasteiger partial charge in [-0.1, -0.05) is 39.8 Å². The molecule has 0 bridgehead atoms. The first kappa shape index (κ1) is 20.6. The van der Waals surface area contributed by atoms with Gasteiger partial charge in [0.2, 0.25) is 5.91 Å². The summed E-state index contributed by atoms with van der Waals surface area (Å²) in [5.74, 6) is 1.53. The third-order valence-corrected chi connectivity index (χ3v) is 7.01. The van der Waals surface area contributed by atoms with Crippen LogP contribution < -0.4 is 14.8 Å². The smallest absolute Gasteiger partial charge is 0.234 e. The number of aliphatic imine (C=N–C) groups is 2. The maximum absolute atomic E-state index is 12.6. The van der Waals surface area contributed by atoms with Gasteiger partial charge >= 0.3 is 0 Å². The average molecular weight is 500 g/mol. The van der Waals surface area contributed by atoms with Crippen molar-refractivity contribution in [2.75, 3.05) is 24.3 Å². The maximum atomic E-state index is 12.6.